The first kappa shape index (κ1) is 16.8. The number of nitrogens with zero attached hydrogens (tertiary/aromatic N) is 4. The molecule has 7 nitrogen and oxygen atoms in total. The van der Waals surface area contributed by atoms with Crippen molar-refractivity contribution in [2.24, 2.45) is 0 Å². The average Bonchev–Trinajstić information content (AvgIpc) is 2.67. The molecule has 0 unspecified atom stereocenters. The van der Waals surface area contributed by atoms with Crippen LogP contribution in [0.15, 0.2) is 24.5 Å². The summed E-state index contributed by atoms with van der Waals surface area (Å²) < 4.78 is 19.9. The van der Waals surface area contributed by atoms with E-state index < -0.39 is 5.82 Å². The van der Waals surface area contributed by atoms with E-state index in [2.05, 4.69) is 15.3 Å². The van der Waals surface area contributed by atoms with Gasteiger partial charge in [-0.25, -0.2) is 14.4 Å². The molecule has 0 spiro atoms. The zero-order valence-electron chi connectivity index (χ0n) is 13.7. The number of halogens is 1. The zero-order valence-corrected chi connectivity index (χ0v) is 13.7. The van der Waals surface area contributed by atoms with Crippen molar-refractivity contribution in [3.05, 3.63) is 47.2 Å². The summed E-state index contributed by atoms with van der Waals surface area (Å²) in [6.45, 7) is 2.39. The van der Waals surface area contributed by atoms with Crippen LogP contribution in [0.1, 0.15) is 16.8 Å². The van der Waals surface area contributed by atoms with E-state index in [9.17, 15) is 9.65 Å². The number of rotatable bonds is 4. The van der Waals surface area contributed by atoms with Crippen LogP contribution >= 0.6 is 0 Å². The molecule has 0 aliphatic carbocycles. The average molecular weight is 340 g/mol. The van der Waals surface area contributed by atoms with E-state index in [-0.39, 0.29) is 17.0 Å². The Labute approximate surface area is 144 Å². The number of nitriles is 1. The van der Waals surface area contributed by atoms with Gasteiger partial charge in [0, 0.05) is 25.7 Å². The summed E-state index contributed by atoms with van der Waals surface area (Å²) in [4.78, 5) is 9.85. The highest BCUT2D eigenvalue weighted by molar-refractivity contribution is 6.14. The summed E-state index contributed by atoms with van der Waals surface area (Å²) in [5.41, 5.74) is 1.16. The van der Waals surface area contributed by atoms with Gasteiger partial charge in [-0.05, 0) is 12.1 Å². The maximum atomic E-state index is 14.6. The van der Waals surface area contributed by atoms with Gasteiger partial charge in [0.25, 0.3) is 0 Å². The highest BCUT2D eigenvalue weighted by Crippen LogP contribution is 2.25. The first-order chi connectivity index (χ1) is 12.2. The Balaban J connectivity index is 1.96. The number of aromatic nitrogens is 2. The molecule has 1 aromatic heterocycles. The normalized spacial score (nSPS) is 14.0. The second kappa shape index (κ2) is 7.23. The summed E-state index contributed by atoms with van der Waals surface area (Å²) in [7, 11) is 1.64. The smallest absolute Gasteiger partial charge is 0.155 e. The Hall–Kier alpha value is -3.05. The Morgan fingerprint density at radius 1 is 1.36 bits per heavy atom. The number of morpholine rings is 1. The fraction of sp³-hybridized carbons (Fsp3) is 0.294. The third-order valence-corrected chi connectivity index (χ3v) is 4.03. The molecule has 0 saturated carbocycles. The molecule has 25 heavy (non-hydrogen) atoms. The van der Waals surface area contributed by atoms with Crippen molar-refractivity contribution in [2.75, 3.05) is 43.6 Å². The largest absolute Gasteiger partial charge is 0.378 e. The highest BCUT2D eigenvalue weighted by Gasteiger charge is 2.20. The van der Waals surface area contributed by atoms with Crippen molar-refractivity contribution in [2.45, 2.75) is 0 Å². The highest BCUT2D eigenvalue weighted by atomic mass is 19.1. The Morgan fingerprint density at radius 3 is 2.76 bits per heavy atom. The molecule has 2 N–H and O–H groups in total. The lowest BCUT2D eigenvalue weighted by atomic mass is 10.0. The van der Waals surface area contributed by atoms with Crippen LogP contribution in [0.2, 0.25) is 0 Å². The van der Waals surface area contributed by atoms with Crippen LogP contribution in [0.4, 0.5) is 15.9 Å². The SMILES string of the molecule is CNc1ncnc(C#N)c1C(=N)c1ccc(N2CCOCC2)c(F)c1. The van der Waals surface area contributed by atoms with Gasteiger partial charge in [-0.15, -0.1) is 0 Å². The van der Waals surface area contributed by atoms with Gasteiger partial charge < -0.3 is 15.0 Å². The zero-order chi connectivity index (χ0) is 17.8. The minimum atomic E-state index is -0.412. The molecular formula is C17H17FN6O. The van der Waals surface area contributed by atoms with E-state index >= 15 is 0 Å². The quantitative estimate of drug-likeness (QED) is 0.824. The molecule has 0 amide bonds. The van der Waals surface area contributed by atoms with Crippen LogP contribution in [0.5, 0.6) is 0 Å². The fourth-order valence-corrected chi connectivity index (χ4v) is 2.76. The molecule has 0 bridgehead atoms. The van der Waals surface area contributed by atoms with Crippen LogP contribution in [0, 0.1) is 22.6 Å². The number of hydrogen-bond acceptors (Lipinski definition) is 7. The number of benzene rings is 1. The number of ether oxygens (including phenoxy) is 1. The van der Waals surface area contributed by atoms with Gasteiger partial charge in [0.15, 0.2) is 5.69 Å². The van der Waals surface area contributed by atoms with Crippen LogP contribution in [-0.4, -0.2) is 49.0 Å². The summed E-state index contributed by atoms with van der Waals surface area (Å²) in [6.07, 6.45) is 1.25. The third kappa shape index (κ3) is 3.27. The monoisotopic (exact) mass is 340 g/mol. The molecule has 0 radical (unpaired) electrons. The number of hydrogen-bond donors (Lipinski definition) is 2. The molecule has 2 aromatic rings. The van der Waals surface area contributed by atoms with Gasteiger partial charge in [-0.2, -0.15) is 5.26 Å². The first-order valence-corrected chi connectivity index (χ1v) is 7.80. The van der Waals surface area contributed by atoms with Crippen molar-refractivity contribution >= 4 is 17.2 Å². The van der Waals surface area contributed by atoms with Crippen LogP contribution in [-0.2, 0) is 4.74 Å². The molecule has 8 heteroatoms. The van der Waals surface area contributed by atoms with Crippen LogP contribution < -0.4 is 10.2 Å². The second-order valence-electron chi connectivity index (χ2n) is 5.45. The lowest BCUT2D eigenvalue weighted by molar-refractivity contribution is 0.122. The number of anilines is 2. The van der Waals surface area contributed by atoms with Crippen molar-refractivity contribution in [3.8, 4) is 6.07 Å². The first-order valence-electron chi connectivity index (χ1n) is 7.80. The van der Waals surface area contributed by atoms with Crippen molar-refractivity contribution < 1.29 is 9.13 Å². The van der Waals surface area contributed by atoms with Gasteiger partial charge in [-0.3, -0.25) is 5.41 Å². The van der Waals surface area contributed by atoms with E-state index in [1.54, 1.807) is 19.2 Å². The maximum Gasteiger partial charge on any atom is 0.155 e. The predicted octanol–water partition coefficient (Wildman–Crippen LogP) is 1.78. The fourth-order valence-electron chi connectivity index (χ4n) is 2.76. The Morgan fingerprint density at radius 2 is 2.12 bits per heavy atom. The van der Waals surface area contributed by atoms with Gasteiger partial charge >= 0.3 is 0 Å². The standard InChI is InChI=1S/C17H17FN6O/c1-21-17-15(13(9-19)22-10-23-17)16(20)11-2-3-14(12(18)8-11)24-4-6-25-7-5-24/h2-3,8,10,20H,4-7H2,1H3,(H,21,22,23). The van der Waals surface area contributed by atoms with Crippen molar-refractivity contribution in [1.29, 1.82) is 10.7 Å². The van der Waals surface area contributed by atoms with Gasteiger partial charge in [0.2, 0.25) is 0 Å². The summed E-state index contributed by atoms with van der Waals surface area (Å²) in [5.74, 6) is -0.0558. The lowest BCUT2D eigenvalue weighted by Crippen LogP contribution is -2.36. The molecule has 1 aliphatic heterocycles. The topological polar surface area (TPSA) is 97.9 Å². The summed E-state index contributed by atoms with van der Waals surface area (Å²) in [5, 5.41) is 20.5. The molecule has 1 saturated heterocycles. The third-order valence-electron chi connectivity index (χ3n) is 4.03. The molecule has 3 rings (SSSR count). The molecule has 1 fully saturated rings. The van der Waals surface area contributed by atoms with E-state index in [0.717, 1.165) is 0 Å². The Kier molecular flexibility index (Phi) is 4.86. The van der Waals surface area contributed by atoms with Gasteiger partial charge in [0.1, 0.15) is 24.0 Å². The summed E-state index contributed by atoms with van der Waals surface area (Å²) in [6, 6.07) is 6.58. The molecule has 1 aromatic carbocycles. The molecule has 0 atom stereocenters. The van der Waals surface area contributed by atoms with Crippen LogP contribution in [0.25, 0.3) is 0 Å². The van der Waals surface area contributed by atoms with E-state index in [1.807, 2.05) is 11.0 Å². The number of nitrogens with one attached hydrogen (secondary N) is 2. The Bertz CT molecular complexity index is 842. The van der Waals surface area contributed by atoms with Gasteiger partial charge in [0.05, 0.1) is 30.2 Å². The molecule has 128 valence electrons. The lowest BCUT2D eigenvalue weighted by Gasteiger charge is -2.29. The summed E-state index contributed by atoms with van der Waals surface area (Å²) >= 11 is 0. The van der Waals surface area contributed by atoms with E-state index in [4.69, 9.17) is 10.1 Å². The van der Waals surface area contributed by atoms with Crippen LogP contribution in [0.3, 0.4) is 0 Å². The van der Waals surface area contributed by atoms with E-state index in [0.29, 0.717) is 43.4 Å². The van der Waals surface area contributed by atoms with Crippen molar-refractivity contribution in [1.82, 2.24) is 9.97 Å². The predicted molar refractivity (Wildman–Crippen MR) is 91.7 cm³/mol. The van der Waals surface area contributed by atoms with Gasteiger partial charge in [-0.1, -0.05) is 6.07 Å². The van der Waals surface area contributed by atoms with Crippen molar-refractivity contribution in [3.63, 3.8) is 0 Å². The van der Waals surface area contributed by atoms with E-state index in [1.165, 1.54) is 12.4 Å². The molecular weight excluding hydrogens is 323 g/mol. The minimum Gasteiger partial charge on any atom is -0.378 e. The maximum absolute atomic E-state index is 14.6. The molecule has 2 heterocycles. The molecule has 1 aliphatic rings. The minimum absolute atomic E-state index is 0.00562. The second-order valence-corrected chi connectivity index (χ2v) is 5.45.